The Hall–Kier alpha value is -2.76. The second kappa shape index (κ2) is 6.03. The Morgan fingerprint density at radius 1 is 0.875 bits per heavy atom. The molecule has 24 heavy (non-hydrogen) atoms. The maximum absolute atomic E-state index is 9.08. The Morgan fingerprint density at radius 2 is 1.67 bits per heavy atom. The molecule has 3 aromatic rings. The summed E-state index contributed by atoms with van der Waals surface area (Å²) in [7, 11) is 0. The first kappa shape index (κ1) is 14.8. The second-order valence-electron chi connectivity index (χ2n) is 5.88. The van der Waals surface area contributed by atoms with Crippen LogP contribution in [0, 0.1) is 11.3 Å². The van der Waals surface area contributed by atoms with Gasteiger partial charge in [-0.3, -0.25) is 0 Å². The van der Waals surface area contributed by atoms with Crippen molar-refractivity contribution in [2.24, 2.45) is 0 Å². The summed E-state index contributed by atoms with van der Waals surface area (Å²) in [4.78, 5) is 2.66. The third-order valence-electron chi connectivity index (χ3n) is 4.32. The van der Waals surface area contributed by atoms with Gasteiger partial charge in [0.25, 0.3) is 0 Å². The van der Waals surface area contributed by atoms with Gasteiger partial charge in [0, 0.05) is 9.79 Å². The maximum Gasteiger partial charge on any atom is 0.0991 e. The highest BCUT2D eigenvalue weighted by Gasteiger charge is 2.16. The molecule has 1 aliphatic heterocycles. The van der Waals surface area contributed by atoms with Gasteiger partial charge in [0.2, 0.25) is 0 Å². The second-order valence-corrected chi connectivity index (χ2v) is 6.96. The molecule has 0 bridgehead atoms. The summed E-state index contributed by atoms with van der Waals surface area (Å²) >= 11 is 1.83. The van der Waals surface area contributed by atoms with Crippen molar-refractivity contribution in [3.8, 4) is 6.07 Å². The number of rotatable bonds is 2. The van der Waals surface area contributed by atoms with Crippen molar-refractivity contribution >= 4 is 17.3 Å². The molecular weight excluding hydrogens is 310 g/mol. The lowest BCUT2D eigenvalue weighted by molar-refractivity contribution is 1.05. The van der Waals surface area contributed by atoms with Crippen LogP contribution in [0.3, 0.4) is 0 Å². The molecule has 0 aromatic heterocycles. The smallest absolute Gasteiger partial charge is 0.0991 e. The Balaban J connectivity index is 1.69. The minimum absolute atomic E-state index is 0.663. The van der Waals surface area contributed by atoms with Gasteiger partial charge in [0.15, 0.2) is 0 Å². The average molecular weight is 325 g/mol. The molecular formula is C22H15NS. The summed E-state index contributed by atoms with van der Waals surface area (Å²) in [6, 6.07) is 24.9. The number of hydrogen-bond acceptors (Lipinski definition) is 2. The molecule has 1 aliphatic rings. The maximum atomic E-state index is 9.08. The van der Waals surface area contributed by atoms with E-state index in [0.717, 1.165) is 23.1 Å². The van der Waals surface area contributed by atoms with E-state index >= 15 is 0 Å². The molecule has 0 atom stereocenters. The first-order valence-electron chi connectivity index (χ1n) is 7.83. The fourth-order valence-corrected chi connectivity index (χ4v) is 4.07. The zero-order valence-corrected chi connectivity index (χ0v) is 13.9. The van der Waals surface area contributed by atoms with Gasteiger partial charge in [-0.2, -0.15) is 5.26 Å². The van der Waals surface area contributed by atoms with E-state index < -0.39 is 0 Å². The zero-order valence-electron chi connectivity index (χ0n) is 13.1. The van der Waals surface area contributed by atoms with Crippen molar-refractivity contribution in [1.29, 1.82) is 5.26 Å². The standard InChI is InChI=1S/C22H15NS/c1-15(17-7-4-5-16(11-17)14-23)18-9-10-22-20(12-18)13-19-6-2-3-8-21(19)24-22/h2-12H,1,13H2. The Kier molecular flexibility index (Phi) is 3.72. The molecule has 0 radical (unpaired) electrons. The Bertz CT molecular complexity index is 995. The van der Waals surface area contributed by atoms with Gasteiger partial charge in [-0.05, 0) is 64.6 Å². The molecule has 0 saturated carbocycles. The van der Waals surface area contributed by atoms with E-state index in [9.17, 15) is 0 Å². The lowest BCUT2D eigenvalue weighted by Crippen LogP contribution is -2.00. The highest BCUT2D eigenvalue weighted by atomic mass is 32.2. The molecule has 0 amide bonds. The molecule has 0 unspecified atom stereocenters. The molecule has 0 spiro atoms. The molecule has 114 valence electrons. The average Bonchev–Trinajstić information content (AvgIpc) is 2.65. The van der Waals surface area contributed by atoms with Gasteiger partial charge < -0.3 is 0 Å². The normalized spacial score (nSPS) is 12.0. The number of nitrogens with zero attached hydrogens (tertiary/aromatic N) is 1. The molecule has 3 aromatic carbocycles. The monoisotopic (exact) mass is 325 g/mol. The molecule has 2 heteroatoms. The van der Waals surface area contributed by atoms with E-state index in [-0.39, 0.29) is 0 Å². The third kappa shape index (κ3) is 2.64. The number of nitriles is 1. The minimum Gasteiger partial charge on any atom is -0.192 e. The molecule has 4 rings (SSSR count). The van der Waals surface area contributed by atoms with Crippen LogP contribution in [-0.2, 0) is 6.42 Å². The number of benzene rings is 3. The topological polar surface area (TPSA) is 23.8 Å². The number of fused-ring (bicyclic) bond motifs is 2. The van der Waals surface area contributed by atoms with Gasteiger partial charge in [-0.25, -0.2) is 0 Å². The van der Waals surface area contributed by atoms with Gasteiger partial charge in [0.1, 0.15) is 0 Å². The summed E-state index contributed by atoms with van der Waals surface area (Å²) in [6.45, 7) is 4.25. The van der Waals surface area contributed by atoms with Crippen LogP contribution in [0.4, 0.5) is 0 Å². The van der Waals surface area contributed by atoms with E-state index in [1.165, 1.54) is 20.9 Å². The van der Waals surface area contributed by atoms with Gasteiger partial charge in [0.05, 0.1) is 11.6 Å². The zero-order chi connectivity index (χ0) is 16.5. The summed E-state index contributed by atoms with van der Waals surface area (Å²) in [5.74, 6) is 0. The quantitative estimate of drug-likeness (QED) is 0.474. The van der Waals surface area contributed by atoms with Crippen molar-refractivity contribution in [1.82, 2.24) is 0 Å². The van der Waals surface area contributed by atoms with E-state index in [0.29, 0.717) is 5.56 Å². The highest BCUT2D eigenvalue weighted by molar-refractivity contribution is 7.99. The van der Waals surface area contributed by atoms with Crippen LogP contribution in [0.1, 0.15) is 27.8 Å². The SMILES string of the molecule is C=C(c1cccc(C#N)c1)c1ccc2c(c1)Cc1ccccc1S2. The van der Waals surface area contributed by atoms with Crippen LogP contribution in [0.5, 0.6) is 0 Å². The predicted octanol–water partition coefficient (Wildman–Crippen LogP) is 5.68. The predicted molar refractivity (Wildman–Crippen MR) is 99.1 cm³/mol. The largest absolute Gasteiger partial charge is 0.192 e. The van der Waals surface area contributed by atoms with Gasteiger partial charge in [-0.15, -0.1) is 0 Å². The third-order valence-corrected chi connectivity index (χ3v) is 5.56. The van der Waals surface area contributed by atoms with Crippen LogP contribution in [0.15, 0.2) is 83.1 Å². The summed E-state index contributed by atoms with van der Waals surface area (Å²) in [5.41, 5.74) is 6.45. The fraction of sp³-hybridized carbons (Fsp3) is 0.0455. The summed E-state index contributed by atoms with van der Waals surface area (Å²) in [6.07, 6.45) is 0.956. The van der Waals surface area contributed by atoms with Crippen LogP contribution in [-0.4, -0.2) is 0 Å². The fourth-order valence-electron chi connectivity index (χ4n) is 3.02. The van der Waals surface area contributed by atoms with Gasteiger partial charge in [-0.1, -0.05) is 54.7 Å². The first-order chi connectivity index (χ1) is 11.7. The van der Waals surface area contributed by atoms with E-state index in [1.54, 1.807) is 0 Å². The molecule has 0 fully saturated rings. The lowest BCUT2D eigenvalue weighted by atomic mass is 9.95. The molecule has 1 nitrogen and oxygen atoms in total. The van der Waals surface area contributed by atoms with Crippen molar-refractivity contribution in [2.45, 2.75) is 16.2 Å². The lowest BCUT2D eigenvalue weighted by Gasteiger charge is -2.20. The summed E-state index contributed by atoms with van der Waals surface area (Å²) < 4.78 is 0. The van der Waals surface area contributed by atoms with Crippen molar-refractivity contribution in [3.05, 3.63) is 101 Å². The molecule has 1 heterocycles. The van der Waals surface area contributed by atoms with E-state index in [2.05, 4.69) is 55.1 Å². The van der Waals surface area contributed by atoms with Crippen LogP contribution in [0.2, 0.25) is 0 Å². The van der Waals surface area contributed by atoms with E-state index in [4.69, 9.17) is 5.26 Å². The molecule has 0 saturated heterocycles. The van der Waals surface area contributed by atoms with Crippen molar-refractivity contribution < 1.29 is 0 Å². The Labute approximate surface area is 146 Å². The van der Waals surface area contributed by atoms with Crippen molar-refractivity contribution in [3.63, 3.8) is 0 Å². The van der Waals surface area contributed by atoms with Gasteiger partial charge >= 0.3 is 0 Å². The molecule has 0 N–H and O–H groups in total. The van der Waals surface area contributed by atoms with Crippen molar-refractivity contribution in [2.75, 3.05) is 0 Å². The van der Waals surface area contributed by atoms with E-state index in [1.807, 2.05) is 36.0 Å². The van der Waals surface area contributed by atoms with Crippen LogP contribution >= 0.6 is 11.8 Å². The first-order valence-corrected chi connectivity index (χ1v) is 8.65. The van der Waals surface area contributed by atoms with Crippen LogP contribution < -0.4 is 0 Å². The minimum atomic E-state index is 0.663. The summed E-state index contributed by atoms with van der Waals surface area (Å²) in [5, 5.41) is 9.08. The van der Waals surface area contributed by atoms with Crippen LogP contribution in [0.25, 0.3) is 5.57 Å². The molecule has 0 aliphatic carbocycles. The highest BCUT2D eigenvalue weighted by Crippen LogP contribution is 2.40. The Morgan fingerprint density at radius 3 is 2.54 bits per heavy atom. The number of hydrogen-bond donors (Lipinski definition) is 0.